The number of carbonyl (C=O) groups excluding carboxylic acids is 1. The SMILES string of the molecule is O=C(Cn1ccc2ccccc21)N1CCN(Cc2nc(-c3ccc(F)cc3)cs2)CC1. The molecule has 158 valence electrons. The van der Waals surface area contributed by atoms with Gasteiger partial charge >= 0.3 is 0 Å². The molecule has 1 amide bonds. The molecule has 1 fully saturated rings. The molecule has 2 aromatic carbocycles. The van der Waals surface area contributed by atoms with Crippen molar-refractivity contribution in [2.45, 2.75) is 13.1 Å². The Morgan fingerprint density at radius 2 is 1.77 bits per heavy atom. The van der Waals surface area contributed by atoms with Crippen molar-refractivity contribution in [3.05, 3.63) is 77.0 Å². The van der Waals surface area contributed by atoms with Crippen LogP contribution >= 0.6 is 11.3 Å². The van der Waals surface area contributed by atoms with Gasteiger partial charge in [0, 0.05) is 48.8 Å². The van der Waals surface area contributed by atoms with Crippen molar-refractivity contribution in [3.63, 3.8) is 0 Å². The molecule has 0 unspecified atom stereocenters. The van der Waals surface area contributed by atoms with Crippen LogP contribution in [0.1, 0.15) is 5.01 Å². The molecule has 0 aliphatic carbocycles. The van der Waals surface area contributed by atoms with Crippen molar-refractivity contribution < 1.29 is 9.18 Å². The van der Waals surface area contributed by atoms with Gasteiger partial charge in [0.15, 0.2) is 0 Å². The summed E-state index contributed by atoms with van der Waals surface area (Å²) in [6.07, 6.45) is 1.99. The van der Waals surface area contributed by atoms with E-state index in [4.69, 9.17) is 4.98 Å². The fourth-order valence-electron chi connectivity index (χ4n) is 4.01. The third-order valence-corrected chi connectivity index (χ3v) is 6.59. The van der Waals surface area contributed by atoms with E-state index in [-0.39, 0.29) is 11.7 Å². The predicted octanol–water partition coefficient (Wildman–Crippen LogP) is 4.25. The van der Waals surface area contributed by atoms with Gasteiger partial charge in [-0.25, -0.2) is 9.37 Å². The summed E-state index contributed by atoms with van der Waals surface area (Å²) in [6.45, 7) is 4.28. The maximum Gasteiger partial charge on any atom is 0.242 e. The van der Waals surface area contributed by atoms with Crippen molar-refractivity contribution in [1.29, 1.82) is 0 Å². The molecule has 0 saturated carbocycles. The second-order valence-corrected chi connectivity index (χ2v) is 8.74. The van der Waals surface area contributed by atoms with Crippen LogP contribution in [0.5, 0.6) is 0 Å². The van der Waals surface area contributed by atoms with Crippen LogP contribution in [0.4, 0.5) is 4.39 Å². The largest absolute Gasteiger partial charge is 0.339 e. The number of benzene rings is 2. The molecule has 0 spiro atoms. The zero-order chi connectivity index (χ0) is 21.2. The van der Waals surface area contributed by atoms with Crippen LogP contribution in [0.2, 0.25) is 0 Å². The Morgan fingerprint density at radius 3 is 2.58 bits per heavy atom. The minimum atomic E-state index is -0.239. The second-order valence-electron chi connectivity index (χ2n) is 7.79. The lowest BCUT2D eigenvalue weighted by molar-refractivity contribution is -0.133. The van der Waals surface area contributed by atoms with Crippen molar-refractivity contribution in [1.82, 2.24) is 19.4 Å². The van der Waals surface area contributed by atoms with Gasteiger partial charge in [-0.2, -0.15) is 0 Å². The predicted molar refractivity (Wildman–Crippen MR) is 121 cm³/mol. The average molecular weight is 435 g/mol. The lowest BCUT2D eigenvalue weighted by Crippen LogP contribution is -2.49. The van der Waals surface area contributed by atoms with Gasteiger partial charge in [-0.15, -0.1) is 11.3 Å². The van der Waals surface area contributed by atoms with Gasteiger partial charge in [0.05, 0.1) is 12.2 Å². The number of halogens is 1. The topological polar surface area (TPSA) is 41.4 Å². The number of hydrogen-bond acceptors (Lipinski definition) is 4. The number of piperazine rings is 1. The highest BCUT2D eigenvalue weighted by molar-refractivity contribution is 7.09. The lowest BCUT2D eigenvalue weighted by atomic mass is 10.2. The molecule has 1 aliphatic rings. The van der Waals surface area contributed by atoms with Crippen LogP contribution < -0.4 is 0 Å². The van der Waals surface area contributed by atoms with Crippen molar-refractivity contribution in [2.75, 3.05) is 26.2 Å². The smallest absolute Gasteiger partial charge is 0.242 e. The zero-order valence-electron chi connectivity index (χ0n) is 17.1. The number of hydrogen-bond donors (Lipinski definition) is 0. The van der Waals surface area contributed by atoms with E-state index in [1.54, 1.807) is 23.5 Å². The molecule has 1 saturated heterocycles. The van der Waals surface area contributed by atoms with E-state index >= 15 is 0 Å². The molecule has 31 heavy (non-hydrogen) atoms. The number of aromatic nitrogens is 2. The molecule has 5 nitrogen and oxygen atoms in total. The summed E-state index contributed by atoms with van der Waals surface area (Å²) in [4.78, 5) is 21.8. The fourth-order valence-corrected chi connectivity index (χ4v) is 4.85. The van der Waals surface area contributed by atoms with Crippen molar-refractivity contribution in [3.8, 4) is 11.3 Å². The van der Waals surface area contributed by atoms with E-state index in [0.717, 1.165) is 59.9 Å². The van der Waals surface area contributed by atoms with Crippen LogP contribution in [0.25, 0.3) is 22.2 Å². The summed E-state index contributed by atoms with van der Waals surface area (Å²) in [5, 5.41) is 4.21. The van der Waals surface area contributed by atoms with Crippen LogP contribution in [-0.2, 0) is 17.9 Å². The highest BCUT2D eigenvalue weighted by Gasteiger charge is 2.22. The van der Waals surface area contributed by atoms with E-state index in [9.17, 15) is 9.18 Å². The van der Waals surface area contributed by atoms with Crippen molar-refractivity contribution in [2.24, 2.45) is 0 Å². The second kappa shape index (κ2) is 8.61. The summed E-state index contributed by atoms with van der Waals surface area (Å²) < 4.78 is 15.2. The summed E-state index contributed by atoms with van der Waals surface area (Å²) in [7, 11) is 0. The molecule has 0 atom stereocenters. The van der Waals surface area contributed by atoms with Gasteiger partial charge in [0.25, 0.3) is 0 Å². The van der Waals surface area contributed by atoms with Gasteiger partial charge in [0.1, 0.15) is 17.4 Å². The van der Waals surface area contributed by atoms with E-state index in [1.165, 1.54) is 12.1 Å². The lowest BCUT2D eigenvalue weighted by Gasteiger charge is -2.34. The Bertz CT molecular complexity index is 1190. The average Bonchev–Trinajstić information content (AvgIpc) is 3.42. The maximum absolute atomic E-state index is 13.1. The highest BCUT2D eigenvalue weighted by atomic mass is 32.1. The monoisotopic (exact) mass is 434 g/mol. The molecule has 0 N–H and O–H groups in total. The van der Waals surface area contributed by atoms with E-state index in [1.807, 2.05) is 33.2 Å². The Balaban J connectivity index is 1.15. The van der Waals surface area contributed by atoms with Gasteiger partial charge in [-0.1, -0.05) is 18.2 Å². The standard InChI is InChI=1S/C24H23FN4OS/c25-20-7-5-18(6-8-20)21-17-31-23(26-21)15-27-11-13-28(14-12-27)24(30)16-29-10-9-19-3-1-2-4-22(19)29/h1-10,17H,11-16H2. The van der Waals surface area contributed by atoms with Crippen LogP contribution in [-0.4, -0.2) is 51.4 Å². The number of thiazole rings is 1. The molecule has 1 aliphatic heterocycles. The zero-order valence-corrected chi connectivity index (χ0v) is 17.9. The first kappa shape index (κ1) is 19.9. The van der Waals surface area contributed by atoms with Crippen molar-refractivity contribution >= 4 is 28.1 Å². The summed E-state index contributed by atoms with van der Waals surface area (Å²) >= 11 is 1.62. The van der Waals surface area contributed by atoms with E-state index in [2.05, 4.69) is 23.1 Å². The Hall–Kier alpha value is -3.03. The number of fused-ring (bicyclic) bond motifs is 1. The molecule has 7 heteroatoms. The highest BCUT2D eigenvalue weighted by Crippen LogP contribution is 2.23. The minimum Gasteiger partial charge on any atom is -0.339 e. The molecule has 0 bridgehead atoms. The summed E-state index contributed by atoms with van der Waals surface area (Å²) in [5.41, 5.74) is 2.90. The molecule has 2 aromatic heterocycles. The van der Waals surface area contributed by atoms with Crippen LogP contribution in [0, 0.1) is 5.82 Å². The summed E-state index contributed by atoms with van der Waals surface area (Å²) in [6, 6.07) is 16.6. The molecular formula is C24H23FN4OS. The normalized spacial score (nSPS) is 14.9. The number of carbonyl (C=O) groups is 1. The van der Waals surface area contributed by atoms with Gasteiger partial charge < -0.3 is 9.47 Å². The minimum absolute atomic E-state index is 0.161. The molecule has 0 radical (unpaired) electrons. The maximum atomic E-state index is 13.1. The summed E-state index contributed by atoms with van der Waals surface area (Å²) in [5.74, 6) is -0.0783. The van der Waals surface area contributed by atoms with Gasteiger partial charge in [0.2, 0.25) is 5.91 Å². The van der Waals surface area contributed by atoms with Crippen LogP contribution in [0.3, 0.4) is 0 Å². The third kappa shape index (κ3) is 4.38. The first-order valence-electron chi connectivity index (χ1n) is 10.4. The Labute approximate surface area is 184 Å². The Kier molecular flexibility index (Phi) is 5.53. The van der Waals surface area contributed by atoms with Gasteiger partial charge in [-0.3, -0.25) is 9.69 Å². The van der Waals surface area contributed by atoms with E-state index < -0.39 is 0 Å². The molecular weight excluding hydrogens is 411 g/mol. The number of rotatable bonds is 5. The fraction of sp³-hybridized carbons (Fsp3) is 0.250. The third-order valence-electron chi connectivity index (χ3n) is 5.76. The quantitative estimate of drug-likeness (QED) is 0.472. The number of amides is 1. The van der Waals surface area contributed by atoms with Gasteiger partial charge in [-0.05, 0) is 41.8 Å². The van der Waals surface area contributed by atoms with E-state index in [0.29, 0.717) is 6.54 Å². The first-order chi connectivity index (χ1) is 15.2. The molecule has 3 heterocycles. The molecule has 4 aromatic rings. The van der Waals surface area contributed by atoms with Crippen LogP contribution in [0.15, 0.2) is 66.2 Å². The Morgan fingerprint density at radius 1 is 1.00 bits per heavy atom. The first-order valence-corrected chi connectivity index (χ1v) is 11.3. The molecule has 5 rings (SSSR count). The number of para-hydroxylation sites is 1. The number of nitrogens with zero attached hydrogens (tertiary/aromatic N) is 4.